The third kappa shape index (κ3) is 2.87. The Morgan fingerprint density at radius 3 is 2.52 bits per heavy atom. The van der Waals surface area contributed by atoms with Crippen LogP contribution in [0.1, 0.15) is 16.1 Å². The van der Waals surface area contributed by atoms with Crippen molar-refractivity contribution in [2.45, 2.75) is 0 Å². The first-order valence-electron chi connectivity index (χ1n) is 6.12. The largest absolute Gasteiger partial charge is 0.491 e. The van der Waals surface area contributed by atoms with E-state index in [2.05, 4.69) is 14.7 Å². The average Bonchev–Trinajstić information content (AvgIpc) is 2.54. The van der Waals surface area contributed by atoms with Crippen LogP contribution >= 0.6 is 0 Å². The first kappa shape index (κ1) is 16.1. The second kappa shape index (κ2) is 6.23. The van der Waals surface area contributed by atoms with Gasteiger partial charge in [0.25, 0.3) is 0 Å². The molecule has 1 aromatic carbocycles. The van der Waals surface area contributed by atoms with Crippen LogP contribution in [0.3, 0.4) is 0 Å². The molecule has 2 aromatic rings. The molecule has 0 saturated heterocycles. The van der Waals surface area contributed by atoms with E-state index in [0.29, 0.717) is 6.07 Å². The van der Waals surface area contributed by atoms with E-state index < -0.39 is 23.2 Å². The van der Waals surface area contributed by atoms with Crippen molar-refractivity contribution in [3.8, 4) is 23.2 Å². The van der Waals surface area contributed by atoms with E-state index in [1.165, 1.54) is 13.2 Å². The summed E-state index contributed by atoms with van der Waals surface area (Å²) < 4.78 is 37.2. The number of hydrogen-bond donors (Lipinski definition) is 1. The van der Waals surface area contributed by atoms with Gasteiger partial charge >= 0.3 is 5.97 Å². The maximum absolute atomic E-state index is 14.0. The number of carbonyl (C=O) groups excluding carboxylic acids is 1. The van der Waals surface area contributed by atoms with Gasteiger partial charge in [-0.1, -0.05) is 0 Å². The summed E-state index contributed by atoms with van der Waals surface area (Å²) in [5.74, 6) is -3.52. The molecule has 9 heteroatoms. The van der Waals surface area contributed by atoms with E-state index in [0.717, 1.165) is 13.2 Å². The fourth-order valence-corrected chi connectivity index (χ4v) is 1.83. The second-order valence-electron chi connectivity index (χ2n) is 4.23. The number of carbonyl (C=O) groups is 1. The predicted octanol–water partition coefficient (Wildman–Crippen LogP) is 1.67. The number of esters is 1. The summed E-state index contributed by atoms with van der Waals surface area (Å²) >= 11 is 0. The zero-order valence-electron chi connectivity index (χ0n) is 12.1. The summed E-state index contributed by atoms with van der Waals surface area (Å²) in [4.78, 5) is 19.3. The zero-order valence-corrected chi connectivity index (χ0v) is 12.1. The number of rotatable bonds is 3. The Balaban J connectivity index is 2.71. The van der Waals surface area contributed by atoms with Gasteiger partial charge in [0.05, 0.1) is 25.3 Å². The third-order valence-corrected chi connectivity index (χ3v) is 2.89. The highest BCUT2D eigenvalue weighted by Crippen LogP contribution is 2.29. The predicted molar refractivity (Wildman–Crippen MR) is 74.4 cm³/mol. The molecule has 0 aliphatic carbocycles. The van der Waals surface area contributed by atoms with Crippen molar-refractivity contribution < 1.29 is 23.0 Å². The molecule has 0 fully saturated rings. The van der Waals surface area contributed by atoms with Crippen LogP contribution in [0, 0.1) is 23.0 Å². The van der Waals surface area contributed by atoms with Crippen molar-refractivity contribution in [2.24, 2.45) is 0 Å². The van der Waals surface area contributed by atoms with E-state index in [-0.39, 0.29) is 28.6 Å². The molecule has 118 valence electrons. The molecule has 0 aliphatic heterocycles. The molecule has 0 radical (unpaired) electrons. The van der Waals surface area contributed by atoms with Crippen molar-refractivity contribution in [1.82, 2.24) is 9.97 Å². The van der Waals surface area contributed by atoms with E-state index in [9.17, 15) is 13.6 Å². The van der Waals surface area contributed by atoms with Crippen LogP contribution in [-0.4, -0.2) is 30.2 Å². The number of nitrogens with two attached hydrogens (primary N) is 1. The minimum atomic E-state index is -0.957. The number of benzene rings is 1. The Morgan fingerprint density at radius 1 is 1.26 bits per heavy atom. The standard InChI is InChI=1S/C14H10F2N4O3/c1-22-11-10(14(21)23-2)19-13(20-12(11)18)7-4-8(15)6(5-17)3-9(7)16/h3-4H,1-2H3,(H2,18,19,20). The van der Waals surface area contributed by atoms with Crippen molar-refractivity contribution in [1.29, 1.82) is 5.26 Å². The highest BCUT2D eigenvalue weighted by atomic mass is 19.1. The molecule has 0 saturated carbocycles. The normalized spacial score (nSPS) is 10.0. The van der Waals surface area contributed by atoms with Crippen LogP contribution in [-0.2, 0) is 4.74 Å². The summed E-state index contributed by atoms with van der Waals surface area (Å²) in [7, 11) is 2.35. The molecule has 0 amide bonds. The molecule has 1 heterocycles. The summed E-state index contributed by atoms with van der Waals surface area (Å²) in [6, 6.07) is 2.96. The first-order valence-corrected chi connectivity index (χ1v) is 6.12. The van der Waals surface area contributed by atoms with E-state index in [4.69, 9.17) is 15.7 Å². The summed E-state index contributed by atoms with van der Waals surface area (Å²) in [6.45, 7) is 0. The van der Waals surface area contributed by atoms with Gasteiger partial charge < -0.3 is 15.2 Å². The van der Waals surface area contributed by atoms with Crippen LogP contribution in [0.15, 0.2) is 12.1 Å². The number of anilines is 1. The highest BCUT2D eigenvalue weighted by molar-refractivity contribution is 5.92. The van der Waals surface area contributed by atoms with Gasteiger partial charge in [-0.2, -0.15) is 5.26 Å². The molecule has 0 atom stereocenters. The van der Waals surface area contributed by atoms with Gasteiger partial charge in [0, 0.05) is 0 Å². The van der Waals surface area contributed by atoms with Gasteiger partial charge in [-0.3, -0.25) is 0 Å². The number of methoxy groups -OCH3 is 2. The van der Waals surface area contributed by atoms with Crippen LogP contribution in [0.2, 0.25) is 0 Å². The highest BCUT2D eigenvalue weighted by Gasteiger charge is 2.23. The number of ether oxygens (including phenoxy) is 2. The number of aromatic nitrogens is 2. The molecule has 0 spiro atoms. The lowest BCUT2D eigenvalue weighted by atomic mass is 10.1. The summed E-state index contributed by atoms with van der Waals surface area (Å²) in [6.07, 6.45) is 0. The van der Waals surface area contributed by atoms with Crippen molar-refractivity contribution >= 4 is 11.8 Å². The second-order valence-corrected chi connectivity index (χ2v) is 4.23. The van der Waals surface area contributed by atoms with Gasteiger partial charge in [-0.15, -0.1) is 0 Å². The Kier molecular flexibility index (Phi) is 4.36. The van der Waals surface area contributed by atoms with Crippen molar-refractivity contribution in [2.75, 3.05) is 20.0 Å². The molecule has 0 unspecified atom stereocenters. The van der Waals surface area contributed by atoms with Crippen molar-refractivity contribution in [3.05, 3.63) is 35.0 Å². The Hall–Kier alpha value is -3.28. The van der Waals surface area contributed by atoms with E-state index in [1.54, 1.807) is 0 Å². The van der Waals surface area contributed by atoms with Gasteiger partial charge in [0.2, 0.25) is 0 Å². The quantitative estimate of drug-likeness (QED) is 0.856. The summed E-state index contributed by atoms with van der Waals surface area (Å²) in [5, 5.41) is 8.68. The van der Waals surface area contributed by atoms with Crippen LogP contribution in [0.5, 0.6) is 5.75 Å². The molecule has 2 N–H and O–H groups in total. The number of halogens is 2. The number of nitrogens with zero attached hydrogens (tertiary/aromatic N) is 3. The fourth-order valence-electron chi connectivity index (χ4n) is 1.83. The molecule has 1 aromatic heterocycles. The zero-order chi connectivity index (χ0) is 17.1. The summed E-state index contributed by atoms with van der Waals surface area (Å²) in [5.41, 5.74) is 4.49. The molecule has 0 aliphatic rings. The van der Waals surface area contributed by atoms with E-state index >= 15 is 0 Å². The minimum absolute atomic E-state index is 0.143. The molecule has 2 rings (SSSR count). The Morgan fingerprint density at radius 2 is 1.96 bits per heavy atom. The molecule has 0 bridgehead atoms. The van der Waals surface area contributed by atoms with Crippen LogP contribution in [0.25, 0.3) is 11.4 Å². The van der Waals surface area contributed by atoms with Gasteiger partial charge in [-0.05, 0) is 12.1 Å². The molecule has 23 heavy (non-hydrogen) atoms. The van der Waals surface area contributed by atoms with Gasteiger partial charge in [-0.25, -0.2) is 23.5 Å². The molecule has 7 nitrogen and oxygen atoms in total. The van der Waals surface area contributed by atoms with Crippen LogP contribution in [0.4, 0.5) is 14.6 Å². The lowest BCUT2D eigenvalue weighted by Gasteiger charge is -2.11. The van der Waals surface area contributed by atoms with Crippen LogP contribution < -0.4 is 10.5 Å². The monoisotopic (exact) mass is 320 g/mol. The van der Waals surface area contributed by atoms with Crippen molar-refractivity contribution in [3.63, 3.8) is 0 Å². The maximum atomic E-state index is 14.0. The van der Waals surface area contributed by atoms with E-state index in [1.807, 2.05) is 0 Å². The minimum Gasteiger partial charge on any atom is -0.491 e. The Labute approximate surface area is 129 Å². The fraction of sp³-hybridized carbons (Fsp3) is 0.143. The van der Waals surface area contributed by atoms with Gasteiger partial charge in [0.1, 0.15) is 17.7 Å². The molecular formula is C14H10F2N4O3. The topological polar surface area (TPSA) is 111 Å². The Bertz CT molecular complexity index is 834. The average molecular weight is 320 g/mol. The number of nitriles is 1. The smallest absolute Gasteiger partial charge is 0.360 e. The SMILES string of the molecule is COC(=O)c1nc(-c2cc(F)c(C#N)cc2F)nc(N)c1OC. The lowest BCUT2D eigenvalue weighted by Crippen LogP contribution is -2.12. The first-order chi connectivity index (χ1) is 10.9. The lowest BCUT2D eigenvalue weighted by molar-refractivity contribution is 0.0590. The van der Waals surface area contributed by atoms with Gasteiger partial charge in [0.15, 0.2) is 23.1 Å². The maximum Gasteiger partial charge on any atom is 0.360 e. The number of hydrogen-bond acceptors (Lipinski definition) is 7. The molecular weight excluding hydrogens is 310 g/mol. The third-order valence-electron chi connectivity index (χ3n) is 2.89. The number of nitrogen functional groups attached to an aromatic ring is 1.